The van der Waals surface area contributed by atoms with Crippen molar-refractivity contribution in [2.24, 2.45) is 0 Å². The highest BCUT2D eigenvalue weighted by Gasteiger charge is 2.20. The lowest BCUT2D eigenvalue weighted by molar-refractivity contribution is 0.102. The fraction of sp³-hybridized carbons (Fsp3) is 0.250. The van der Waals surface area contributed by atoms with Crippen molar-refractivity contribution in [2.45, 2.75) is 13.8 Å². The fourth-order valence-electron chi connectivity index (χ4n) is 2.78. The van der Waals surface area contributed by atoms with Gasteiger partial charge in [-0.05, 0) is 38.1 Å². The SMILES string of the molecule is CCN(CC)c1nc2ccccc2nc1C(=O)Nc1cccc(OC)c1. The van der Waals surface area contributed by atoms with Crippen LogP contribution in [0.2, 0.25) is 0 Å². The van der Waals surface area contributed by atoms with E-state index in [0.717, 1.165) is 18.6 Å². The number of carbonyl (C=O) groups excluding carboxylic acids is 1. The van der Waals surface area contributed by atoms with Crippen molar-refractivity contribution < 1.29 is 9.53 Å². The average molecular weight is 350 g/mol. The Morgan fingerprint density at radius 2 is 1.73 bits per heavy atom. The number of anilines is 2. The number of benzene rings is 2. The summed E-state index contributed by atoms with van der Waals surface area (Å²) in [6.45, 7) is 5.54. The summed E-state index contributed by atoms with van der Waals surface area (Å²) in [6, 6.07) is 14.8. The molecule has 3 rings (SSSR count). The number of nitrogens with one attached hydrogen (secondary N) is 1. The molecule has 1 amide bonds. The van der Waals surface area contributed by atoms with Gasteiger partial charge >= 0.3 is 0 Å². The standard InChI is InChI=1S/C20H22N4O2/c1-4-24(5-2)19-18(22-16-11-6-7-12-17(16)23-19)20(25)21-14-9-8-10-15(13-14)26-3/h6-13H,4-5H2,1-3H3,(H,21,25). The van der Waals surface area contributed by atoms with Gasteiger partial charge in [0.25, 0.3) is 5.91 Å². The highest BCUT2D eigenvalue weighted by atomic mass is 16.5. The maximum Gasteiger partial charge on any atom is 0.278 e. The maximum absolute atomic E-state index is 12.9. The van der Waals surface area contributed by atoms with Gasteiger partial charge in [-0.3, -0.25) is 4.79 Å². The topological polar surface area (TPSA) is 67.4 Å². The molecule has 1 aromatic heterocycles. The van der Waals surface area contributed by atoms with E-state index in [4.69, 9.17) is 9.72 Å². The molecule has 0 fully saturated rings. The largest absolute Gasteiger partial charge is 0.497 e. The molecule has 1 heterocycles. The Hall–Kier alpha value is -3.15. The molecule has 0 bridgehead atoms. The third-order valence-corrected chi connectivity index (χ3v) is 4.16. The van der Waals surface area contributed by atoms with Crippen molar-refractivity contribution in [3.05, 3.63) is 54.2 Å². The summed E-state index contributed by atoms with van der Waals surface area (Å²) in [6.07, 6.45) is 0. The van der Waals surface area contributed by atoms with Crippen molar-refractivity contribution in [1.82, 2.24) is 9.97 Å². The monoisotopic (exact) mass is 350 g/mol. The number of methoxy groups -OCH3 is 1. The fourth-order valence-corrected chi connectivity index (χ4v) is 2.78. The number of amides is 1. The molecule has 0 aliphatic heterocycles. The molecule has 0 atom stereocenters. The van der Waals surface area contributed by atoms with Gasteiger partial charge in [-0.25, -0.2) is 9.97 Å². The summed E-state index contributed by atoms with van der Waals surface area (Å²) in [7, 11) is 1.59. The van der Waals surface area contributed by atoms with Crippen LogP contribution in [0, 0.1) is 0 Å². The summed E-state index contributed by atoms with van der Waals surface area (Å²) in [5.41, 5.74) is 2.43. The number of fused-ring (bicyclic) bond motifs is 1. The first-order valence-electron chi connectivity index (χ1n) is 8.63. The van der Waals surface area contributed by atoms with E-state index >= 15 is 0 Å². The third kappa shape index (κ3) is 3.59. The van der Waals surface area contributed by atoms with E-state index in [0.29, 0.717) is 28.5 Å². The number of carbonyl (C=O) groups is 1. The molecule has 0 unspecified atom stereocenters. The van der Waals surface area contributed by atoms with Crippen molar-refractivity contribution in [2.75, 3.05) is 30.4 Å². The molecule has 3 aromatic rings. The van der Waals surface area contributed by atoms with Gasteiger partial charge in [-0.1, -0.05) is 18.2 Å². The van der Waals surface area contributed by atoms with Gasteiger partial charge in [0.05, 0.1) is 18.1 Å². The van der Waals surface area contributed by atoms with Gasteiger partial charge in [-0.15, -0.1) is 0 Å². The molecule has 134 valence electrons. The van der Waals surface area contributed by atoms with E-state index in [2.05, 4.69) is 10.3 Å². The van der Waals surface area contributed by atoms with Gasteiger partial charge in [0.15, 0.2) is 11.5 Å². The third-order valence-electron chi connectivity index (χ3n) is 4.16. The summed E-state index contributed by atoms with van der Waals surface area (Å²) in [5, 5.41) is 2.89. The van der Waals surface area contributed by atoms with Gasteiger partial charge in [0.1, 0.15) is 5.75 Å². The summed E-state index contributed by atoms with van der Waals surface area (Å²) in [5.74, 6) is 0.976. The van der Waals surface area contributed by atoms with Crippen LogP contribution in [0.5, 0.6) is 5.75 Å². The summed E-state index contributed by atoms with van der Waals surface area (Å²) < 4.78 is 5.21. The lowest BCUT2D eigenvalue weighted by atomic mass is 10.2. The van der Waals surface area contributed by atoms with E-state index in [1.54, 1.807) is 13.2 Å². The minimum absolute atomic E-state index is 0.293. The highest BCUT2D eigenvalue weighted by molar-refractivity contribution is 6.07. The smallest absolute Gasteiger partial charge is 0.278 e. The van der Waals surface area contributed by atoms with Crippen LogP contribution in [-0.4, -0.2) is 36.1 Å². The maximum atomic E-state index is 12.9. The Balaban J connectivity index is 2.03. The Morgan fingerprint density at radius 3 is 2.38 bits per heavy atom. The van der Waals surface area contributed by atoms with Crippen LogP contribution in [-0.2, 0) is 0 Å². The molecule has 0 aliphatic rings. The van der Waals surface area contributed by atoms with Gasteiger partial charge in [0.2, 0.25) is 0 Å². The quantitative estimate of drug-likeness (QED) is 0.733. The van der Waals surface area contributed by atoms with Crippen molar-refractivity contribution in [3.8, 4) is 5.75 Å². The number of hydrogen-bond acceptors (Lipinski definition) is 5. The van der Waals surface area contributed by atoms with E-state index < -0.39 is 0 Å². The Kier molecular flexibility index (Phi) is 5.31. The van der Waals surface area contributed by atoms with E-state index in [1.807, 2.05) is 61.2 Å². The van der Waals surface area contributed by atoms with Crippen molar-refractivity contribution >= 4 is 28.4 Å². The normalized spacial score (nSPS) is 10.6. The second kappa shape index (κ2) is 7.82. The molecular formula is C20H22N4O2. The second-order valence-corrected chi connectivity index (χ2v) is 5.74. The van der Waals surface area contributed by atoms with Crippen LogP contribution in [0.3, 0.4) is 0 Å². The number of para-hydroxylation sites is 2. The van der Waals surface area contributed by atoms with Crippen LogP contribution >= 0.6 is 0 Å². The molecule has 26 heavy (non-hydrogen) atoms. The molecule has 0 radical (unpaired) electrons. The Labute approximate surface area is 152 Å². The molecule has 2 aromatic carbocycles. The zero-order valence-electron chi connectivity index (χ0n) is 15.2. The number of ether oxygens (including phenoxy) is 1. The predicted molar refractivity (Wildman–Crippen MR) is 104 cm³/mol. The average Bonchev–Trinajstić information content (AvgIpc) is 2.68. The Morgan fingerprint density at radius 1 is 1.04 bits per heavy atom. The van der Waals surface area contributed by atoms with Crippen molar-refractivity contribution in [1.29, 1.82) is 0 Å². The van der Waals surface area contributed by atoms with Crippen LogP contribution < -0.4 is 15.0 Å². The molecule has 0 aliphatic carbocycles. The lowest BCUT2D eigenvalue weighted by Crippen LogP contribution is -2.27. The zero-order chi connectivity index (χ0) is 18.5. The molecule has 6 heteroatoms. The minimum atomic E-state index is -0.293. The lowest BCUT2D eigenvalue weighted by Gasteiger charge is -2.22. The summed E-state index contributed by atoms with van der Waals surface area (Å²) in [4.78, 5) is 24.2. The molecule has 0 saturated carbocycles. The van der Waals surface area contributed by atoms with E-state index in [9.17, 15) is 4.79 Å². The van der Waals surface area contributed by atoms with Gasteiger partial charge < -0.3 is 15.0 Å². The first kappa shape index (κ1) is 17.7. The van der Waals surface area contributed by atoms with E-state index in [-0.39, 0.29) is 5.91 Å². The number of aromatic nitrogens is 2. The van der Waals surface area contributed by atoms with Crippen molar-refractivity contribution in [3.63, 3.8) is 0 Å². The first-order valence-corrected chi connectivity index (χ1v) is 8.63. The molecule has 0 spiro atoms. The summed E-state index contributed by atoms with van der Waals surface area (Å²) >= 11 is 0. The van der Waals surface area contributed by atoms with E-state index in [1.165, 1.54) is 0 Å². The predicted octanol–water partition coefficient (Wildman–Crippen LogP) is 3.74. The molecular weight excluding hydrogens is 328 g/mol. The molecule has 6 nitrogen and oxygen atoms in total. The first-order chi connectivity index (χ1) is 12.7. The number of rotatable bonds is 6. The minimum Gasteiger partial charge on any atom is -0.497 e. The van der Waals surface area contributed by atoms with Crippen LogP contribution in [0.1, 0.15) is 24.3 Å². The van der Waals surface area contributed by atoms with Crippen LogP contribution in [0.25, 0.3) is 11.0 Å². The zero-order valence-corrected chi connectivity index (χ0v) is 15.2. The van der Waals surface area contributed by atoms with Crippen LogP contribution in [0.15, 0.2) is 48.5 Å². The second-order valence-electron chi connectivity index (χ2n) is 5.74. The molecule has 0 saturated heterocycles. The van der Waals surface area contributed by atoms with Crippen LogP contribution in [0.4, 0.5) is 11.5 Å². The number of hydrogen-bond donors (Lipinski definition) is 1. The Bertz CT molecular complexity index is 923. The number of nitrogens with zero attached hydrogens (tertiary/aromatic N) is 3. The highest BCUT2D eigenvalue weighted by Crippen LogP contribution is 2.23. The van der Waals surface area contributed by atoms with Gasteiger partial charge in [-0.2, -0.15) is 0 Å². The van der Waals surface area contributed by atoms with Gasteiger partial charge in [0, 0.05) is 24.8 Å². The molecule has 1 N–H and O–H groups in total.